The standard InChI is InChI=1S/C26H27F2N7/c1-15(12-35-13-16-3-5-19(35)6-4-16)31-18-7-21(27)25(22(28)8-18)23-9-20-24(11-29-23)32-33-26(20)17-10-30-34(2)14-17/h7-11,14,16,19,31H,1,3-6,12-13H2,2H3,(H,32,33). The van der Waals surface area contributed by atoms with Crippen molar-refractivity contribution in [2.45, 2.75) is 31.7 Å². The Morgan fingerprint density at radius 3 is 2.57 bits per heavy atom. The molecule has 2 saturated heterocycles. The number of fused-ring (bicyclic) bond motifs is 4. The third kappa shape index (κ3) is 4.10. The number of pyridine rings is 1. The smallest absolute Gasteiger partial charge is 0.137 e. The van der Waals surface area contributed by atoms with E-state index in [1.54, 1.807) is 16.9 Å². The van der Waals surface area contributed by atoms with E-state index >= 15 is 8.78 Å². The molecular weight excluding hydrogens is 448 g/mol. The van der Waals surface area contributed by atoms with Crippen LogP contribution in [0.3, 0.4) is 0 Å². The SMILES string of the molecule is C=C(CN1CC2CCC1CC2)Nc1cc(F)c(-c2cc3c(-c4cnn(C)c4)n[nH]c3cn2)c(F)c1. The average molecular weight is 476 g/mol. The highest BCUT2D eigenvalue weighted by Gasteiger charge is 2.33. The van der Waals surface area contributed by atoms with Gasteiger partial charge in [0.25, 0.3) is 0 Å². The van der Waals surface area contributed by atoms with Crippen LogP contribution in [0, 0.1) is 17.6 Å². The van der Waals surface area contributed by atoms with Crippen molar-refractivity contribution in [3.05, 3.63) is 60.7 Å². The molecule has 35 heavy (non-hydrogen) atoms. The predicted molar refractivity (Wildman–Crippen MR) is 132 cm³/mol. The van der Waals surface area contributed by atoms with E-state index in [9.17, 15) is 0 Å². The fraction of sp³-hybridized carbons (Fsp3) is 0.346. The summed E-state index contributed by atoms with van der Waals surface area (Å²) in [7, 11) is 1.82. The first kappa shape index (κ1) is 21.9. The first-order valence-electron chi connectivity index (χ1n) is 12.0. The number of nitrogens with one attached hydrogen (secondary N) is 2. The Balaban J connectivity index is 1.24. The van der Waals surface area contributed by atoms with Crippen LogP contribution in [-0.2, 0) is 7.05 Å². The zero-order valence-corrected chi connectivity index (χ0v) is 19.6. The molecule has 2 aliphatic heterocycles. The monoisotopic (exact) mass is 475 g/mol. The van der Waals surface area contributed by atoms with Crippen molar-refractivity contribution in [1.29, 1.82) is 0 Å². The van der Waals surface area contributed by atoms with Gasteiger partial charge in [-0.05, 0) is 49.8 Å². The Morgan fingerprint density at radius 1 is 1.14 bits per heavy atom. The van der Waals surface area contributed by atoms with Crippen LogP contribution in [0.2, 0.25) is 0 Å². The summed E-state index contributed by atoms with van der Waals surface area (Å²) in [4.78, 5) is 6.73. The summed E-state index contributed by atoms with van der Waals surface area (Å²) in [5, 5.41) is 15.3. The minimum absolute atomic E-state index is 0.172. The lowest BCUT2D eigenvalue weighted by molar-refractivity contribution is 0.0575. The molecule has 0 amide bonds. The van der Waals surface area contributed by atoms with E-state index < -0.39 is 11.6 Å². The molecule has 3 aliphatic rings. The molecule has 1 saturated carbocycles. The first-order valence-corrected chi connectivity index (χ1v) is 12.0. The maximum absolute atomic E-state index is 15.2. The van der Waals surface area contributed by atoms with E-state index in [1.165, 1.54) is 44.0 Å². The van der Waals surface area contributed by atoms with Gasteiger partial charge in [0.1, 0.15) is 17.3 Å². The highest BCUT2D eigenvalue weighted by molar-refractivity contribution is 5.94. The van der Waals surface area contributed by atoms with Crippen molar-refractivity contribution in [3.63, 3.8) is 0 Å². The summed E-state index contributed by atoms with van der Waals surface area (Å²) >= 11 is 0. The van der Waals surface area contributed by atoms with Crippen LogP contribution in [0.1, 0.15) is 25.7 Å². The van der Waals surface area contributed by atoms with Crippen molar-refractivity contribution in [2.75, 3.05) is 18.4 Å². The number of halogens is 2. The molecule has 180 valence electrons. The van der Waals surface area contributed by atoms with Gasteiger partial charge >= 0.3 is 0 Å². The fourth-order valence-electron chi connectivity index (χ4n) is 5.56. The molecule has 2 N–H and O–H groups in total. The van der Waals surface area contributed by atoms with Gasteiger partial charge in [-0.2, -0.15) is 10.2 Å². The summed E-state index contributed by atoms with van der Waals surface area (Å²) in [6.07, 6.45) is 10.1. The van der Waals surface area contributed by atoms with Gasteiger partial charge in [0.2, 0.25) is 0 Å². The third-order valence-electron chi connectivity index (χ3n) is 7.26. The molecule has 3 aromatic heterocycles. The minimum Gasteiger partial charge on any atom is -0.358 e. The number of anilines is 1. The number of aryl methyl sites for hydroxylation is 1. The second-order valence-electron chi connectivity index (χ2n) is 9.74. The van der Waals surface area contributed by atoms with Crippen LogP contribution < -0.4 is 5.32 Å². The van der Waals surface area contributed by atoms with Gasteiger partial charge in [-0.1, -0.05) is 6.58 Å². The quantitative estimate of drug-likeness (QED) is 0.406. The number of hydrogen-bond acceptors (Lipinski definition) is 5. The number of H-pyrrole nitrogens is 1. The lowest BCUT2D eigenvalue weighted by Crippen LogP contribution is -2.48. The number of nitrogens with zero attached hydrogens (tertiary/aromatic N) is 5. The molecule has 0 radical (unpaired) electrons. The number of piperidine rings is 2. The molecule has 0 atom stereocenters. The highest BCUT2D eigenvalue weighted by atomic mass is 19.1. The Morgan fingerprint density at radius 2 is 1.91 bits per heavy atom. The van der Waals surface area contributed by atoms with Crippen LogP contribution in [0.15, 0.2) is 49.1 Å². The van der Waals surface area contributed by atoms with Gasteiger partial charge in [-0.25, -0.2) is 8.78 Å². The van der Waals surface area contributed by atoms with Crippen molar-refractivity contribution in [2.24, 2.45) is 13.0 Å². The van der Waals surface area contributed by atoms with Crippen LogP contribution >= 0.6 is 0 Å². The molecule has 7 nitrogen and oxygen atoms in total. The van der Waals surface area contributed by atoms with Crippen molar-refractivity contribution >= 4 is 16.6 Å². The molecule has 1 aliphatic carbocycles. The molecule has 2 bridgehead atoms. The summed E-state index contributed by atoms with van der Waals surface area (Å²) < 4.78 is 32.0. The normalized spacial score (nSPS) is 20.0. The van der Waals surface area contributed by atoms with E-state index in [2.05, 4.69) is 37.1 Å². The van der Waals surface area contributed by atoms with Gasteiger partial charge in [0.15, 0.2) is 0 Å². The number of hydrogen-bond donors (Lipinski definition) is 2. The molecule has 4 aromatic rings. The van der Waals surface area contributed by atoms with Gasteiger partial charge in [0.05, 0.1) is 29.2 Å². The van der Waals surface area contributed by atoms with Gasteiger partial charge in [0, 0.05) is 54.7 Å². The Labute approximate surface area is 201 Å². The largest absolute Gasteiger partial charge is 0.358 e. The topological polar surface area (TPSA) is 74.7 Å². The van der Waals surface area contributed by atoms with Crippen LogP contribution in [0.5, 0.6) is 0 Å². The minimum atomic E-state index is -0.685. The highest BCUT2D eigenvalue weighted by Crippen LogP contribution is 2.36. The van der Waals surface area contributed by atoms with E-state index in [0.29, 0.717) is 34.9 Å². The van der Waals surface area contributed by atoms with E-state index in [1.807, 2.05) is 13.2 Å². The van der Waals surface area contributed by atoms with Gasteiger partial charge in [-0.15, -0.1) is 0 Å². The maximum atomic E-state index is 15.2. The van der Waals surface area contributed by atoms with Crippen LogP contribution in [-0.4, -0.2) is 49.0 Å². The van der Waals surface area contributed by atoms with Crippen molar-refractivity contribution in [3.8, 4) is 22.5 Å². The Kier molecular flexibility index (Phi) is 5.36. The van der Waals surface area contributed by atoms with Crippen molar-refractivity contribution < 1.29 is 8.78 Å². The number of benzene rings is 1. The molecule has 5 heterocycles. The van der Waals surface area contributed by atoms with Crippen LogP contribution in [0.4, 0.5) is 14.5 Å². The molecule has 0 unspecified atom stereocenters. The van der Waals surface area contributed by atoms with E-state index in [0.717, 1.165) is 23.7 Å². The Hall–Kier alpha value is -3.59. The number of rotatable bonds is 6. The molecular formula is C26H27F2N7. The zero-order valence-electron chi connectivity index (χ0n) is 19.6. The second-order valence-corrected chi connectivity index (χ2v) is 9.74. The first-order chi connectivity index (χ1) is 16.9. The fourth-order valence-corrected chi connectivity index (χ4v) is 5.56. The van der Waals surface area contributed by atoms with Crippen molar-refractivity contribution in [1.82, 2.24) is 29.9 Å². The van der Waals surface area contributed by atoms with E-state index in [-0.39, 0.29) is 11.3 Å². The van der Waals surface area contributed by atoms with Gasteiger partial charge < -0.3 is 5.32 Å². The average Bonchev–Trinajstić information content (AvgIpc) is 3.45. The lowest BCUT2D eigenvalue weighted by atomic mass is 9.80. The summed E-state index contributed by atoms with van der Waals surface area (Å²) in [6.45, 7) is 5.87. The number of aromatic nitrogens is 5. The van der Waals surface area contributed by atoms with Gasteiger partial charge in [-0.3, -0.25) is 19.7 Å². The third-order valence-corrected chi connectivity index (χ3v) is 7.26. The van der Waals surface area contributed by atoms with Crippen LogP contribution in [0.25, 0.3) is 33.4 Å². The molecule has 0 spiro atoms. The molecule has 3 fully saturated rings. The lowest BCUT2D eigenvalue weighted by Gasteiger charge is -2.45. The Bertz CT molecular complexity index is 1390. The summed E-state index contributed by atoms with van der Waals surface area (Å²) in [6, 6.07) is 4.85. The molecule has 1 aromatic carbocycles. The predicted octanol–water partition coefficient (Wildman–Crippen LogP) is 5.10. The summed E-state index contributed by atoms with van der Waals surface area (Å²) in [5.74, 6) is -0.605. The maximum Gasteiger partial charge on any atom is 0.137 e. The zero-order chi connectivity index (χ0) is 24.1. The summed E-state index contributed by atoms with van der Waals surface area (Å²) in [5.41, 5.74) is 3.24. The molecule has 7 rings (SSSR count). The second kappa shape index (κ2) is 8.57. The molecule has 9 heteroatoms. The van der Waals surface area contributed by atoms with E-state index in [4.69, 9.17) is 0 Å². The number of aromatic amines is 1.